The van der Waals surface area contributed by atoms with Gasteiger partial charge in [-0.05, 0) is 31.0 Å². The quantitative estimate of drug-likeness (QED) is 0.794. The molecule has 5 heteroatoms. The molecular formula is C16H17N3O2. The fraction of sp³-hybridized carbons (Fsp3) is 0.250. The number of benzene rings is 1. The highest BCUT2D eigenvalue weighted by Gasteiger charge is 2.05. The lowest BCUT2D eigenvalue weighted by atomic mass is 10.1. The third-order valence-corrected chi connectivity index (χ3v) is 2.83. The van der Waals surface area contributed by atoms with Crippen molar-refractivity contribution in [3.05, 3.63) is 41.6 Å². The van der Waals surface area contributed by atoms with Gasteiger partial charge in [-0.25, -0.2) is 4.98 Å². The summed E-state index contributed by atoms with van der Waals surface area (Å²) >= 11 is 0. The maximum absolute atomic E-state index is 8.89. The summed E-state index contributed by atoms with van der Waals surface area (Å²) in [5.41, 5.74) is 2.77. The summed E-state index contributed by atoms with van der Waals surface area (Å²) in [5.74, 6) is 3.33. The summed E-state index contributed by atoms with van der Waals surface area (Å²) in [6.45, 7) is 2.18. The lowest BCUT2D eigenvalue weighted by Gasteiger charge is -2.09. The summed E-state index contributed by atoms with van der Waals surface area (Å²) in [7, 11) is 0. The molecule has 1 aromatic carbocycles. The molecule has 0 aliphatic carbocycles. The Morgan fingerprint density at radius 3 is 2.76 bits per heavy atom. The molecule has 0 saturated carbocycles. The van der Waals surface area contributed by atoms with Crippen molar-refractivity contribution in [2.24, 2.45) is 0 Å². The van der Waals surface area contributed by atoms with Crippen molar-refractivity contribution in [1.82, 2.24) is 9.97 Å². The number of hydrogen-bond acceptors (Lipinski definition) is 5. The number of aliphatic hydroxyl groups excluding tert-OH is 1. The average Bonchev–Trinajstić information content (AvgIpc) is 2.50. The maximum atomic E-state index is 8.89. The van der Waals surface area contributed by atoms with E-state index in [0.717, 1.165) is 16.8 Å². The molecule has 0 fully saturated rings. The van der Waals surface area contributed by atoms with Crippen LogP contribution in [0.15, 0.2) is 30.5 Å². The fourth-order valence-electron chi connectivity index (χ4n) is 1.76. The Morgan fingerprint density at radius 2 is 2.10 bits per heavy atom. The number of nitrogens with zero attached hydrogens (tertiary/aromatic N) is 2. The molecule has 1 aromatic heterocycles. The number of hydrogen-bond donors (Lipinski definition) is 2. The van der Waals surface area contributed by atoms with Gasteiger partial charge in [0.1, 0.15) is 0 Å². The summed E-state index contributed by atoms with van der Waals surface area (Å²) in [6.07, 6.45) is 7.50. The second-order valence-corrected chi connectivity index (χ2v) is 4.47. The van der Waals surface area contributed by atoms with Gasteiger partial charge in [-0.1, -0.05) is 18.1 Å². The van der Waals surface area contributed by atoms with E-state index >= 15 is 0 Å². The van der Waals surface area contributed by atoms with E-state index in [2.05, 4.69) is 21.2 Å². The molecule has 0 unspecified atom stereocenters. The van der Waals surface area contributed by atoms with Crippen LogP contribution in [0.25, 0.3) is 0 Å². The molecule has 2 rings (SSSR count). The van der Waals surface area contributed by atoms with E-state index in [0.29, 0.717) is 18.2 Å². The van der Waals surface area contributed by atoms with Crippen molar-refractivity contribution in [2.75, 3.05) is 18.5 Å². The largest absolute Gasteiger partial charge is 0.464 e. The Balaban J connectivity index is 2.10. The van der Waals surface area contributed by atoms with Crippen LogP contribution in [-0.4, -0.2) is 28.3 Å². The zero-order valence-corrected chi connectivity index (χ0v) is 11.8. The average molecular weight is 283 g/mol. The molecule has 5 nitrogen and oxygen atoms in total. The molecule has 0 aliphatic rings. The fourth-order valence-corrected chi connectivity index (χ4v) is 1.76. The molecule has 2 aromatic rings. The number of terminal acetylenes is 1. The summed E-state index contributed by atoms with van der Waals surface area (Å²) < 4.78 is 5.36. The minimum absolute atomic E-state index is 0.143. The summed E-state index contributed by atoms with van der Waals surface area (Å²) in [5, 5.41) is 12.0. The van der Waals surface area contributed by atoms with Crippen LogP contribution in [0.2, 0.25) is 0 Å². The van der Waals surface area contributed by atoms with Gasteiger partial charge in [0.2, 0.25) is 11.8 Å². The Hall–Kier alpha value is -2.58. The number of aryl methyl sites for hydroxylation is 1. The van der Waals surface area contributed by atoms with Crippen LogP contribution >= 0.6 is 0 Å². The number of nitrogens with one attached hydrogen (secondary N) is 1. The zero-order valence-electron chi connectivity index (χ0n) is 11.8. The topological polar surface area (TPSA) is 67.3 Å². The van der Waals surface area contributed by atoms with Gasteiger partial charge in [0.05, 0.1) is 0 Å². The molecule has 0 saturated heterocycles. The van der Waals surface area contributed by atoms with E-state index in [1.54, 1.807) is 6.20 Å². The predicted molar refractivity (Wildman–Crippen MR) is 81.6 cm³/mol. The van der Waals surface area contributed by atoms with Gasteiger partial charge in [-0.3, -0.25) is 0 Å². The second-order valence-electron chi connectivity index (χ2n) is 4.47. The lowest BCUT2D eigenvalue weighted by Crippen LogP contribution is -2.03. The molecule has 0 spiro atoms. The number of aromatic nitrogens is 2. The third kappa shape index (κ3) is 4.20. The molecule has 0 aliphatic heterocycles. The van der Waals surface area contributed by atoms with Crippen molar-refractivity contribution >= 4 is 11.6 Å². The number of aliphatic hydroxyl groups is 1. The number of rotatable bonds is 6. The van der Waals surface area contributed by atoms with Crippen molar-refractivity contribution < 1.29 is 9.84 Å². The van der Waals surface area contributed by atoms with Gasteiger partial charge in [-0.2, -0.15) is 4.98 Å². The Kier molecular flexibility index (Phi) is 5.13. The first kappa shape index (κ1) is 14.8. The second kappa shape index (κ2) is 7.27. The van der Waals surface area contributed by atoms with E-state index in [9.17, 15) is 0 Å². The van der Waals surface area contributed by atoms with Gasteiger partial charge in [-0.15, -0.1) is 6.42 Å². The van der Waals surface area contributed by atoms with Crippen molar-refractivity contribution in [3.8, 4) is 18.2 Å². The molecule has 0 radical (unpaired) electrons. The first-order valence-corrected chi connectivity index (χ1v) is 6.59. The van der Waals surface area contributed by atoms with Crippen LogP contribution in [0.3, 0.4) is 0 Å². The summed E-state index contributed by atoms with van der Waals surface area (Å²) in [4.78, 5) is 8.49. The van der Waals surface area contributed by atoms with Gasteiger partial charge in [0.25, 0.3) is 0 Å². The monoisotopic (exact) mass is 283 g/mol. The molecule has 0 atom stereocenters. The van der Waals surface area contributed by atoms with Crippen LogP contribution < -0.4 is 10.1 Å². The third-order valence-electron chi connectivity index (χ3n) is 2.83. The van der Waals surface area contributed by atoms with Gasteiger partial charge < -0.3 is 15.2 Å². The van der Waals surface area contributed by atoms with Crippen molar-refractivity contribution in [1.29, 1.82) is 0 Å². The highest BCUT2D eigenvalue weighted by Crippen LogP contribution is 2.19. The molecule has 2 N–H and O–H groups in total. The van der Waals surface area contributed by atoms with E-state index in [1.807, 2.05) is 31.2 Å². The van der Waals surface area contributed by atoms with Gasteiger partial charge in [0, 0.05) is 24.1 Å². The standard InChI is InChI=1S/C16H17N3O2/c1-3-10-21-15-12(2)11-17-16(19-15)18-14-6-4-13(5-7-14)8-9-20/h1,4-7,11,20H,8-10H2,2H3,(H,17,18,19). The molecule has 108 valence electrons. The van der Waals surface area contributed by atoms with Crippen LogP contribution in [0, 0.1) is 19.3 Å². The maximum Gasteiger partial charge on any atom is 0.230 e. The normalized spacial score (nSPS) is 9.95. The van der Waals surface area contributed by atoms with Crippen LogP contribution in [-0.2, 0) is 6.42 Å². The van der Waals surface area contributed by atoms with E-state index < -0.39 is 0 Å². The molecule has 0 amide bonds. The lowest BCUT2D eigenvalue weighted by molar-refractivity contribution is 0.299. The first-order chi connectivity index (χ1) is 10.2. The highest BCUT2D eigenvalue weighted by atomic mass is 16.5. The smallest absolute Gasteiger partial charge is 0.230 e. The molecule has 21 heavy (non-hydrogen) atoms. The van der Waals surface area contributed by atoms with E-state index in [4.69, 9.17) is 16.3 Å². The Labute approximate surface area is 124 Å². The van der Waals surface area contributed by atoms with Crippen molar-refractivity contribution in [2.45, 2.75) is 13.3 Å². The van der Waals surface area contributed by atoms with E-state index in [-0.39, 0.29) is 13.2 Å². The number of ether oxygens (including phenoxy) is 1. The van der Waals surface area contributed by atoms with Crippen molar-refractivity contribution in [3.63, 3.8) is 0 Å². The van der Waals surface area contributed by atoms with Gasteiger partial charge >= 0.3 is 0 Å². The van der Waals surface area contributed by atoms with Crippen LogP contribution in [0.1, 0.15) is 11.1 Å². The Bertz CT molecular complexity index is 633. The van der Waals surface area contributed by atoms with Crippen LogP contribution in [0.4, 0.5) is 11.6 Å². The predicted octanol–water partition coefficient (Wildman–Crippen LogP) is 2.08. The SMILES string of the molecule is C#CCOc1nc(Nc2ccc(CCO)cc2)ncc1C. The van der Waals surface area contributed by atoms with E-state index in [1.165, 1.54) is 0 Å². The molecular weight excluding hydrogens is 266 g/mol. The zero-order chi connectivity index (χ0) is 15.1. The molecule has 1 heterocycles. The first-order valence-electron chi connectivity index (χ1n) is 6.59. The number of anilines is 2. The Morgan fingerprint density at radius 1 is 1.33 bits per heavy atom. The van der Waals surface area contributed by atoms with Crippen LogP contribution in [0.5, 0.6) is 5.88 Å². The highest BCUT2D eigenvalue weighted by molar-refractivity contribution is 5.54. The van der Waals surface area contributed by atoms with Gasteiger partial charge in [0.15, 0.2) is 6.61 Å². The summed E-state index contributed by atoms with van der Waals surface area (Å²) in [6, 6.07) is 7.72. The molecule has 0 bridgehead atoms. The minimum atomic E-state index is 0.143. The minimum Gasteiger partial charge on any atom is -0.464 e.